The summed E-state index contributed by atoms with van der Waals surface area (Å²) < 4.78 is 18.3. The molecule has 4 rings (SSSR count). The smallest absolute Gasteiger partial charge is 0.329 e. The molecule has 1 aromatic heterocycles. The van der Waals surface area contributed by atoms with E-state index in [2.05, 4.69) is 29.2 Å². The summed E-state index contributed by atoms with van der Waals surface area (Å²) in [7, 11) is -0.315. The quantitative estimate of drug-likeness (QED) is 0.288. The Bertz CT molecular complexity index is 1260. The van der Waals surface area contributed by atoms with Crippen molar-refractivity contribution in [2.24, 2.45) is 0 Å². The van der Waals surface area contributed by atoms with Crippen LogP contribution in [0.2, 0.25) is 0 Å². The second-order valence-corrected chi connectivity index (χ2v) is 14.6. The highest BCUT2D eigenvalue weighted by Gasteiger charge is 2.62. The molecule has 2 aromatic carbocycles. The van der Waals surface area contributed by atoms with Crippen LogP contribution in [0, 0.1) is 0 Å². The molecular weight excluding hydrogens is 520 g/mol. The lowest BCUT2D eigenvalue weighted by molar-refractivity contribution is -0.0753. The second-order valence-electron chi connectivity index (χ2n) is 10.1. The van der Waals surface area contributed by atoms with Gasteiger partial charge in [-0.3, -0.25) is 14.3 Å². The van der Waals surface area contributed by atoms with Gasteiger partial charge >= 0.3 is 5.69 Å². The Morgan fingerprint density at radius 3 is 2.13 bits per heavy atom. The minimum absolute atomic E-state index is 0.226. The Morgan fingerprint density at radius 1 is 1.00 bits per heavy atom. The van der Waals surface area contributed by atoms with E-state index < -0.39 is 47.6 Å². The number of rotatable bonds is 10. The highest BCUT2D eigenvalue weighted by Crippen LogP contribution is 2.50. The summed E-state index contributed by atoms with van der Waals surface area (Å²) in [6, 6.07) is 21.4. The monoisotopic (exact) mass is 555 g/mol. The van der Waals surface area contributed by atoms with Crippen LogP contribution in [-0.4, -0.2) is 73.4 Å². The summed E-state index contributed by atoms with van der Waals surface area (Å²) in [6.45, 7) is 6.71. The Balaban J connectivity index is 1.99. The van der Waals surface area contributed by atoms with Crippen molar-refractivity contribution in [2.75, 3.05) is 26.9 Å². The van der Waals surface area contributed by atoms with Crippen molar-refractivity contribution in [2.45, 2.75) is 48.3 Å². The number of nitrogens with zero attached hydrogens (tertiary/aromatic N) is 1. The molecule has 0 unspecified atom stereocenters. The van der Waals surface area contributed by atoms with E-state index in [1.165, 1.54) is 24.0 Å². The van der Waals surface area contributed by atoms with Crippen molar-refractivity contribution in [1.29, 1.82) is 0 Å². The van der Waals surface area contributed by atoms with Crippen LogP contribution in [0.1, 0.15) is 20.8 Å². The maximum atomic E-state index is 13.5. The van der Waals surface area contributed by atoms with Crippen LogP contribution >= 0.6 is 11.8 Å². The third kappa shape index (κ3) is 6.06. The molecule has 1 saturated heterocycles. The molecule has 1 aliphatic rings. The fourth-order valence-corrected chi connectivity index (χ4v) is 11.0. The standard InChI is InChI=1S/C28H35N2O6SSi/c1-27(2,3)36-19-22-24(32)25(35-18-17-34-4)28(37-22,30-16-15-23(31)29-26(30)33)38(20-11-7-5-8-12-20)21-13-9-6-10-14-21/h5-16,22,24-25,32H,17-19H2,1-4H3,(H,29,31,33)/t22-,24-,25-,28+/m1/s1. The lowest BCUT2D eigenvalue weighted by Gasteiger charge is -2.42. The van der Waals surface area contributed by atoms with Crippen molar-refractivity contribution in [3.05, 3.63) is 93.8 Å². The van der Waals surface area contributed by atoms with Gasteiger partial charge in [0.15, 0.2) is 8.80 Å². The van der Waals surface area contributed by atoms with E-state index in [0.29, 0.717) is 6.61 Å². The van der Waals surface area contributed by atoms with Gasteiger partial charge in [0.1, 0.15) is 10.6 Å². The molecule has 38 heavy (non-hydrogen) atoms. The van der Waals surface area contributed by atoms with Gasteiger partial charge in [-0.25, -0.2) is 4.79 Å². The van der Waals surface area contributed by atoms with Gasteiger partial charge < -0.3 is 19.3 Å². The van der Waals surface area contributed by atoms with Crippen LogP contribution in [0.25, 0.3) is 0 Å². The first kappa shape index (κ1) is 28.5. The highest BCUT2D eigenvalue weighted by atomic mass is 32.2. The van der Waals surface area contributed by atoms with Crippen LogP contribution in [0.4, 0.5) is 0 Å². The van der Waals surface area contributed by atoms with Crippen LogP contribution in [-0.2, 0) is 18.7 Å². The van der Waals surface area contributed by atoms with Gasteiger partial charge in [0.25, 0.3) is 5.56 Å². The van der Waals surface area contributed by atoms with Crippen LogP contribution in [0.15, 0.2) is 82.5 Å². The average molecular weight is 556 g/mol. The highest BCUT2D eigenvalue weighted by molar-refractivity contribution is 8.02. The third-order valence-corrected chi connectivity index (χ3v) is 11.9. The molecule has 2 N–H and O–H groups in total. The summed E-state index contributed by atoms with van der Waals surface area (Å²) in [5.41, 5.74) is -1.45. The SMILES string of the molecule is COCCO[C@@H]1[C@H](O)[C@@H](COC(C)(C)C)S[C@]1(n1ccc(=O)[nH]c1=O)[Si](c1ccccc1)c1ccccc1. The van der Waals surface area contributed by atoms with Crippen molar-refractivity contribution in [1.82, 2.24) is 9.55 Å². The summed E-state index contributed by atoms with van der Waals surface area (Å²) in [6.07, 6.45) is -0.225. The lowest BCUT2D eigenvalue weighted by atomic mass is 10.1. The Kier molecular flexibility index (Phi) is 9.12. The minimum Gasteiger partial charge on any atom is -0.389 e. The number of aromatic amines is 1. The Labute approximate surface area is 228 Å². The molecule has 0 amide bonds. The van der Waals surface area contributed by atoms with Gasteiger partial charge in [-0.1, -0.05) is 71.0 Å². The first-order valence-corrected chi connectivity index (χ1v) is 15.0. The Hall–Kier alpha value is -2.47. The summed E-state index contributed by atoms with van der Waals surface area (Å²) in [5.74, 6) is 0. The molecule has 4 atom stereocenters. The van der Waals surface area contributed by atoms with E-state index >= 15 is 0 Å². The lowest BCUT2D eigenvalue weighted by Crippen LogP contribution is -2.67. The zero-order valence-electron chi connectivity index (χ0n) is 22.1. The van der Waals surface area contributed by atoms with Crippen molar-refractivity contribution < 1.29 is 19.3 Å². The predicted molar refractivity (Wildman–Crippen MR) is 152 cm³/mol. The van der Waals surface area contributed by atoms with Crippen LogP contribution in [0.3, 0.4) is 0 Å². The molecule has 2 heterocycles. The van der Waals surface area contributed by atoms with E-state index in [1.54, 1.807) is 11.7 Å². The molecule has 10 heteroatoms. The van der Waals surface area contributed by atoms with Crippen LogP contribution in [0.5, 0.6) is 0 Å². The third-order valence-electron chi connectivity index (χ3n) is 6.34. The molecule has 0 spiro atoms. The van der Waals surface area contributed by atoms with Gasteiger partial charge in [0.05, 0.1) is 36.8 Å². The molecule has 8 nitrogen and oxygen atoms in total. The number of hydrogen-bond donors (Lipinski definition) is 2. The molecule has 0 saturated carbocycles. The first-order chi connectivity index (χ1) is 18.2. The molecule has 0 bridgehead atoms. The number of H-pyrrole nitrogens is 1. The fourth-order valence-electron chi connectivity index (χ4n) is 4.71. The molecule has 1 fully saturated rings. The normalized spacial score (nSPS) is 23.7. The van der Waals surface area contributed by atoms with E-state index in [1.807, 2.05) is 57.2 Å². The van der Waals surface area contributed by atoms with Gasteiger partial charge in [-0.15, -0.1) is 11.8 Å². The fraction of sp³-hybridized carbons (Fsp3) is 0.429. The van der Waals surface area contributed by atoms with Crippen molar-refractivity contribution >= 4 is 30.9 Å². The van der Waals surface area contributed by atoms with Crippen molar-refractivity contribution in [3.8, 4) is 0 Å². The summed E-state index contributed by atoms with van der Waals surface area (Å²) in [4.78, 5) is 28.1. The first-order valence-electron chi connectivity index (χ1n) is 12.6. The molecule has 203 valence electrons. The number of aliphatic hydroxyl groups is 1. The molecule has 0 aliphatic carbocycles. The number of thioether (sulfide) groups is 1. The number of aromatic nitrogens is 2. The summed E-state index contributed by atoms with van der Waals surface area (Å²) >= 11 is 1.49. The van der Waals surface area contributed by atoms with Gasteiger partial charge in [-0.05, 0) is 20.8 Å². The predicted octanol–water partition coefficient (Wildman–Crippen LogP) is 1.36. The maximum Gasteiger partial charge on any atom is 0.329 e. The number of methoxy groups -OCH3 is 1. The number of nitrogens with one attached hydrogen (secondary N) is 1. The molecule has 1 radical (unpaired) electrons. The minimum atomic E-state index is -1.90. The van der Waals surface area contributed by atoms with E-state index in [4.69, 9.17) is 14.2 Å². The molecule has 1 aliphatic heterocycles. The zero-order valence-corrected chi connectivity index (χ0v) is 23.9. The summed E-state index contributed by atoms with van der Waals surface area (Å²) in [5, 5.41) is 13.5. The number of aliphatic hydroxyl groups excluding tert-OH is 1. The Morgan fingerprint density at radius 2 is 1.61 bits per heavy atom. The topological polar surface area (TPSA) is 103 Å². The van der Waals surface area contributed by atoms with Crippen molar-refractivity contribution in [3.63, 3.8) is 0 Å². The van der Waals surface area contributed by atoms with E-state index in [-0.39, 0.29) is 13.2 Å². The maximum absolute atomic E-state index is 13.5. The average Bonchev–Trinajstić information content (AvgIpc) is 3.15. The van der Waals surface area contributed by atoms with E-state index in [0.717, 1.165) is 10.4 Å². The zero-order chi connectivity index (χ0) is 27.3. The van der Waals surface area contributed by atoms with Gasteiger partial charge in [-0.2, -0.15) is 0 Å². The number of benzene rings is 2. The second kappa shape index (κ2) is 12.1. The number of ether oxygens (including phenoxy) is 3. The van der Waals surface area contributed by atoms with E-state index in [9.17, 15) is 14.7 Å². The largest absolute Gasteiger partial charge is 0.389 e. The van der Waals surface area contributed by atoms with Gasteiger partial charge in [0, 0.05) is 19.4 Å². The van der Waals surface area contributed by atoms with Gasteiger partial charge in [0.2, 0.25) is 0 Å². The molecular formula is C28H35N2O6SSi. The van der Waals surface area contributed by atoms with Crippen LogP contribution < -0.4 is 21.6 Å². The molecule has 3 aromatic rings. The number of hydrogen-bond acceptors (Lipinski definition) is 7.